The zero-order chi connectivity index (χ0) is 24.7. The average molecular weight is 498 g/mol. The van der Waals surface area contributed by atoms with Gasteiger partial charge in [0.2, 0.25) is 0 Å². The summed E-state index contributed by atoms with van der Waals surface area (Å²) in [5, 5.41) is 8.39. The summed E-state index contributed by atoms with van der Waals surface area (Å²) >= 11 is 1.65. The van der Waals surface area contributed by atoms with E-state index in [9.17, 15) is 9.36 Å². The summed E-state index contributed by atoms with van der Waals surface area (Å²) in [6.07, 6.45) is 1.69. The van der Waals surface area contributed by atoms with E-state index in [-0.39, 0.29) is 17.2 Å². The molecule has 0 bridgehead atoms. The Labute approximate surface area is 207 Å². The quantitative estimate of drug-likeness (QED) is 0.153. The highest BCUT2D eigenvalue weighted by Crippen LogP contribution is 2.55. The number of carbonyl (C=O) groups excluding carboxylic acids is 1. The third kappa shape index (κ3) is 6.59. The summed E-state index contributed by atoms with van der Waals surface area (Å²) in [5.41, 5.74) is 10.4. The van der Waals surface area contributed by atoms with Crippen molar-refractivity contribution in [1.82, 2.24) is 5.32 Å². The number of carbonyl (C=O) groups is 1. The Hall–Kier alpha value is -2.40. The van der Waals surface area contributed by atoms with Crippen molar-refractivity contribution in [1.29, 1.82) is 0 Å². The van der Waals surface area contributed by atoms with Gasteiger partial charge < -0.3 is 20.9 Å². The van der Waals surface area contributed by atoms with E-state index in [1.54, 1.807) is 11.3 Å². The number of hydrogen-bond donors (Lipinski definition) is 3. The van der Waals surface area contributed by atoms with Crippen LogP contribution in [0, 0.1) is 0 Å². The van der Waals surface area contributed by atoms with Crippen LogP contribution in [0.2, 0.25) is 0 Å². The van der Waals surface area contributed by atoms with Crippen LogP contribution in [0.3, 0.4) is 0 Å². The van der Waals surface area contributed by atoms with Crippen molar-refractivity contribution in [3.63, 3.8) is 0 Å². The van der Waals surface area contributed by atoms with E-state index >= 15 is 0 Å². The van der Waals surface area contributed by atoms with Crippen LogP contribution in [0.1, 0.15) is 50.0 Å². The smallest absolute Gasteiger partial charge is 0.255 e. The molecule has 1 amide bonds. The van der Waals surface area contributed by atoms with Gasteiger partial charge >= 0.3 is 0 Å². The predicted octanol–water partition coefficient (Wildman–Crippen LogP) is 6.91. The molecular weight excluding hydrogens is 461 g/mol. The standard InChI is InChI=1S/C27H36N3O2PS/c1-19(2)33(32,20(3)4)15-6-14-29-18-21-8-10-22(11-9-21)27(31)30-25-17-23(12-13-24(25)28)26-7-5-16-34-26/h5,7-13,16-17,19-20,29H,6,14-15,18,28H2,1-4H3,(H,30,31). The summed E-state index contributed by atoms with van der Waals surface area (Å²) in [5.74, 6) is -0.187. The number of nitrogens with one attached hydrogen (secondary N) is 2. The molecule has 3 rings (SSSR count). The summed E-state index contributed by atoms with van der Waals surface area (Å²) < 4.78 is 13.1. The lowest BCUT2D eigenvalue weighted by Gasteiger charge is -2.26. The largest absolute Gasteiger partial charge is 0.397 e. The summed E-state index contributed by atoms with van der Waals surface area (Å²) in [6.45, 7) is 9.82. The Kier molecular flexibility index (Phi) is 9.12. The van der Waals surface area contributed by atoms with Crippen molar-refractivity contribution in [3.05, 3.63) is 71.1 Å². The molecule has 0 unspecified atom stereocenters. The Morgan fingerprint density at radius 2 is 1.74 bits per heavy atom. The monoisotopic (exact) mass is 497 g/mol. The topological polar surface area (TPSA) is 84.2 Å². The highest BCUT2D eigenvalue weighted by Gasteiger charge is 2.29. The molecule has 1 aromatic heterocycles. The molecule has 0 aliphatic carbocycles. The average Bonchev–Trinajstić information content (AvgIpc) is 3.35. The van der Waals surface area contributed by atoms with Crippen molar-refractivity contribution < 1.29 is 9.36 Å². The summed E-state index contributed by atoms with van der Waals surface area (Å²) in [7, 11) is -2.14. The number of amides is 1. The molecule has 34 heavy (non-hydrogen) atoms. The van der Waals surface area contributed by atoms with Gasteiger partial charge in [-0.2, -0.15) is 0 Å². The van der Waals surface area contributed by atoms with E-state index in [1.807, 2.05) is 60.0 Å². The van der Waals surface area contributed by atoms with E-state index in [4.69, 9.17) is 5.73 Å². The van der Waals surface area contributed by atoms with Crippen molar-refractivity contribution in [2.24, 2.45) is 0 Å². The SMILES string of the molecule is CC(C)P(=O)(CCCNCc1ccc(C(=O)Nc2cc(-c3cccs3)ccc2N)cc1)C(C)C. The minimum Gasteiger partial charge on any atom is -0.397 e. The second-order valence-corrected chi connectivity index (χ2v) is 14.4. The maximum absolute atomic E-state index is 13.1. The molecule has 7 heteroatoms. The lowest BCUT2D eigenvalue weighted by atomic mass is 10.1. The first-order chi connectivity index (χ1) is 16.2. The number of rotatable bonds is 11. The number of thiophene rings is 1. The first-order valence-corrected chi connectivity index (χ1v) is 14.7. The van der Waals surface area contributed by atoms with E-state index < -0.39 is 7.14 Å². The lowest BCUT2D eigenvalue weighted by Crippen LogP contribution is -2.19. The molecule has 1 heterocycles. The molecule has 0 spiro atoms. The number of anilines is 2. The predicted molar refractivity (Wildman–Crippen MR) is 148 cm³/mol. The van der Waals surface area contributed by atoms with Crippen LogP contribution in [-0.4, -0.2) is 29.9 Å². The van der Waals surface area contributed by atoms with Gasteiger partial charge in [-0.3, -0.25) is 4.79 Å². The highest BCUT2D eigenvalue weighted by atomic mass is 32.1. The Morgan fingerprint density at radius 3 is 2.35 bits per heavy atom. The molecular formula is C27H36N3O2PS. The maximum Gasteiger partial charge on any atom is 0.255 e. The lowest BCUT2D eigenvalue weighted by molar-refractivity contribution is 0.102. The van der Waals surface area contributed by atoms with E-state index in [1.165, 1.54) is 0 Å². The Balaban J connectivity index is 1.51. The van der Waals surface area contributed by atoms with Crippen LogP contribution in [-0.2, 0) is 11.1 Å². The minimum absolute atomic E-state index is 0.187. The van der Waals surface area contributed by atoms with Crippen molar-refractivity contribution >= 4 is 35.8 Å². The van der Waals surface area contributed by atoms with Crippen molar-refractivity contribution in [2.45, 2.75) is 52.0 Å². The fraction of sp³-hybridized carbons (Fsp3) is 0.370. The molecule has 0 saturated carbocycles. The van der Waals surface area contributed by atoms with Crippen LogP contribution >= 0.6 is 18.5 Å². The van der Waals surface area contributed by atoms with Gasteiger partial charge in [-0.25, -0.2) is 0 Å². The zero-order valence-electron chi connectivity index (χ0n) is 20.5. The normalized spacial score (nSPS) is 11.8. The molecule has 4 N–H and O–H groups in total. The highest BCUT2D eigenvalue weighted by molar-refractivity contribution is 7.65. The number of nitrogens with two attached hydrogens (primary N) is 1. The van der Waals surface area contributed by atoms with E-state index in [0.29, 0.717) is 23.5 Å². The molecule has 0 aliphatic rings. The third-order valence-electron chi connectivity index (χ3n) is 6.26. The molecule has 0 atom stereocenters. The van der Waals surface area contributed by atoms with Gasteiger partial charge in [0, 0.05) is 34.5 Å². The molecule has 182 valence electrons. The van der Waals surface area contributed by atoms with Gasteiger partial charge in [-0.15, -0.1) is 11.3 Å². The molecule has 0 radical (unpaired) electrons. The second-order valence-electron chi connectivity index (χ2n) is 9.23. The number of benzene rings is 2. The van der Waals surface area contributed by atoms with E-state index in [0.717, 1.165) is 35.1 Å². The molecule has 0 saturated heterocycles. The zero-order valence-corrected chi connectivity index (χ0v) is 22.2. The molecule has 0 fully saturated rings. The van der Waals surface area contributed by atoms with Crippen molar-refractivity contribution in [3.8, 4) is 10.4 Å². The first kappa shape index (κ1) is 26.2. The van der Waals surface area contributed by atoms with Crippen LogP contribution in [0.5, 0.6) is 0 Å². The van der Waals surface area contributed by atoms with Gasteiger partial charge in [0.25, 0.3) is 5.91 Å². The molecule has 0 aliphatic heterocycles. The van der Waals surface area contributed by atoms with Gasteiger partial charge in [-0.1, -0.05) is 52.0 Å². The van der Waals surface area contributed by atoms with Gasteiger partial charge in [0.05, 0.1) is 18.5 Å². The fourth-order valence-electron chi connectivity index (χ4n) is 4.03. The number of nitrogen functional groups attached to an aromatic ring is 1. The maximum atomic E-state index is 13.1. The summed E-state index contributed by atoms with van der Waals surface area (Å²) in [6, 6.07) is 17.3. The van der Waals surface area contributed by atoms with Crippen LogP contribution in [0.15, 0.2) is 60.0 Å². The first-order valence-electron chi connectivity index (χ1n) is 11.8. The molecule has 3 aromatic rings. The Bertz CT molecular complexity index is 1110. The van der Waals surface area contributed by atoms with Crippen LogP contribution in [0.4, 0.5) is 11.4 Å². The fourth-order valence-corrected chi connectivity index (χ4v) is 7.63. The minimum atomic E-state index is -2.14. The molecule has 2 aromatic carbocycles. The van der Waals surface area contributed by atoms with Crippen molar-refractivity contribution in [2.75, 3.05) is 23.8 Å². The third-order valence-corrected chi connectivity index (χ3v) is 11.7. The van der Waals surface area contributed by atoms with Gasteiger partial charge in [0.15, 0.2) is 0 Å². The number of hydrogen-bond acceptors (Lipinski definition) is 5. The van der Waals surface area contributed by atoms with E-state index in [2.05, 4.69) is 38.3 Å². The molecule has 5 nitrogen and oxygen atoms in total. The van der Waals surface area contributed by atoms with Gasteiger partial charge in [0.1, 0.15) is 0 Å². The van der Waals surface area contributed by atoms with Gasteiger partial charge in [-0.05, 0) is 59.8 Å². The van der Waals surface area contributed by atoms with Crippen LogP contribution in [0.25, 0.3) is 10.4 Å². The summed E-state index contributed by atoms with van der Waals surface area (Å²) in [4.78, 5) is 13.9. The second kappa shape index (κ2) is 11.8. The Morgan fingerprint density at radius 1 is 1.03 bits per heavy atom. The van der Waals surface area contributed by atoms with Crippen LogP contribution < -0.4 is 16.4 Å².